The molecule has 0 aliphatic heterocycles. The highest BCUT2D eigenvalue weighted by Gasteiger charge is 2.11. The fraction of sp³-hybridized carbons (Fsp3) is 0.176. The molecule has 1 aromatic carbocycles. The highest BCUT2D eigenvalue weighted by molar-refractivity contribution is 6.04. The minimum Gasteiger partial charge on any atom is -0.352 e. The van der Waals surface area contributed by atoms with E-state index in [0.717, 1.165) is 6.42 Å². The van der Waals surface area contributed by atoms with Crippen molar-refractivity contribution in [3.63, 3.8) is 0 Å². The van der Waals surface area contributed by atoms with Crippen molar-refractivity contribution in [3.05, 3.63) is 59.4 Å². The fourth-order valence-corrected chi connectivity index (χ4v) is 1.86. The van der Waals surface area contributed by atoms with Gasteiger partial charge in [-0.2, -0.15) is 5.26 Å². The number of amides is 2. The molecule has 0 fully saturated rings. The molecule has 6 heteroatoms. The lowest BCUT2D eigenvalue weighted by atomic mass is 10.2. The number of nitriles is 1. The van der Waals surface area contributed by atoms with E-state index in [-0.39, 0.29) is 11.6 Å². The molecule has 2 rings (SSSR count). The molecule has 2 aromatic rings. The molecule has 0 aliphatic rings. The zero-order valence-corrected chi connectivity index (χ0v) is 12.7. The van der Waals surface area contributed by atoms with Gasteiger partial charge in [0, 0.05) is 24.0 Å². The van der Waals surface area contributed by atoms with Gasteiger partial charge in [-0.05, 0) is 42.8 Å². The normalized spacial score (nSPS) is 9.74. The molecule has 2 N–H and O–H groups in total. The van der Waals surface area contributed by atoms with Gasteiger partial charge in [-0.1, -0.05) is 6.92 Å². The Labute approximate surface area is 134 Å². The minimum absolute atomic E-state index is 0.151. The molecule has 2 amide bonds. The van der Waals surface area contributed by atoms with Gasteiger partial charge in [-0.15, -0.1) is 0 Å². The summed E-state index contributed by atoms with van der Waals surface area (Å²) in [4.78, 5) is 28.1. The topological polar surface area (TPSA) is 94.9 Å². The number of hydrogen-bond donors (Lipinski definition) is 2. The van der Waals surface area contributed by atoms with Gasteiger partial charge in [0.1, 0.15) is 5.69 Å². The van der Waals surface area contributed by atoms with Gasteiger partial charge in [0.25, 0.3) is 11.8 Å². The van der Waals surface area contributed by atoms with E-state index in [9.17, 15) is 9.59 Å². The summed E-state index contributed by atoms with van der Waals surface area (Å²) in [5, 5.41) is 14.2. The average molecular weight is 308 g/mol. The summed E-state index contributed by atoms with van der Waals surface area (Å²) >= 11 is 0. The summed E-state index contributed by atoms with van der Waals surface area (Å²) in [6, 6.07) is 11.5. The smallest absolute Gasteiger partial charge is 0.274 e. The Balaban J connectivity index is 2.10. The third-order valence-electron chi connectivity index (χ3n) is 3.06. The number of nitrogens with zero attached hydrogens (tertiary/aromatic N) is 2. The van der Waals surface area contributed by atoms with Crippen LogP contribution in [-0.4, -0.2) is 23.3 Å². The Morgan fingerprint density at radius 2 is 1.91 bits per heavy atom. The van der Waals surface area contributed by atoms with Crippen molar-refractivity contribution in [1.82, 2.24) is 10.3 Å². The lowest BCUT2D eigenvalue weighted by Gasteiger charge is -2.07. The third kappa shape index (κ3) is 4.38. The Hall–Kier alpha value is -3.20. The Kier molecular flexibility index (Phi) is 5.42. The molecule has 23 heavy (non-hydrogen) atoms. The SMILES string of the molecule is CCCNC(=O)c1ccnc(C(=O)Nc2ccc(C#N)cc2)c1. The van der Waals surface area contributed by atoms with Gasteiger partial charge >= 0.3 is 0 Å². The summed E-state index contributed by atoms with van der Waals surface area (Å²) < 4.78 is 0. The van der Waals surface area contributed by atoms with Crippen LogP contribution in [0.4, 0.5) is 5.69 Å². The summed E-state index contributed by atoms with van der Waals surface area (Å²) in [7, 11) is 0. The van der Waals surface area contributed by atoms with Crippen molar-refractivity contribution < 1.29 is 9.59 Å². The standard InChI is InChI=1S/C17H16N4O2/c1-2-8-20-16(22)13-7-9-19-15(10-13)17(23)21-14-5-3-12(11-18)4-6-14/h3-7,9-10H,2,8H2,1H3,(H,20,22)(H,21,23). The highest BCUT2D eigenvalue weighted by Crippen LogP contribution is 2.11. The van der Waals surface area contributed by atoms with E-state index in [1.165, 1.54) is 12.3 Å². The van der Waals surface area contributed by atoms with Crippen molar-refractivity contribution in [2.45, 2.75) is 13.3 Å². The van der Waals surface area contributed by atoms with Gasteiger partial charge in [-0.25, -0.2) is 0 Å². The van der Waals surface area contributed by atoms with E-state index < -0.39 is 5.91 Å². The van der Waals surface area contributed by atoms with Crippen LogP contribution in [0.3, 0.4) is 0 Å². The van der Waals surface area contributed by atoms with Crippen LogP contribution in [0.25, 0.3) is 0 Å². The fourth-order valence-electron chi connectivity index (χ4n) is 1.86. The molecule has 0 spiro atoms. The van der Waals surface area contributed by atoms with Crippen LogP contribution < -0.4 is 10.6 Å². The first-order valence-electron chi connectivity index (χ1n) is 7.20. The molecule has 0 unspecified atom stereocenters. The predicted molar refractivity (Wildman–Crippen MR) is 86.0 cm³/mol. The number of benzene rings is 1. The molecule has 116 valence electrons. The number of nitrogens with one attached hydrogen (secondary N) is 2. The molecule has 0 saturated heterocycles. The maximum absolute atomic E-state index is 12.2. The molecular weight excluding hydrogens is 292 g/mol. The molecule has 0 saturated carbocycles. The second kappa shape index (κ2) is 7.71. The van der Waals surface area contributed by atoms with Crippen molar-refractivity contribution in [1.29, 1.82) is 5.26 Å². The monoisotopic (exact) mass is 308 g/mol. The zero-order chi connectivity index (χ0) is 16.7. The average Bonchev–Trinajstić information content (AvgIpc) is 2.60. The van der Waals surface area contributed by atoms with Crippen LogP contribution in [0.15, 0.2) is 42.6 Å². The van der Waals surface area contributed by atoms with Crippen LogP contribution in [0.2, 0.25) is 0 Å². The van der Waals surface area contributed by atoms with E-state index in [1.54, 1.807) is 30.3 Å². The Bertz CT molecular complexity index is 748. The molecular formula is C17H16N4O2. The second-order valence-electron chi connectivity index (χ2n) is 4.83. The minimum atomic E-state index is -0.417. The van der Waals surface area contributed by atoms with Crippen molar-refractivity contribution in [2.75, 3.05) is 11.9 Å². The number of carbonyl (C=O) groups is 2. The molecule has 1 aromatic heterocycles. The number of aromatic nitrogens is 1. The van der Waals surface area contributed by atoms with Gasteiger partial charge in [0.15, 0.2) is 0 Å². The van der Waals surface area contributed by atoms with Gasteiger partial charge in [0.05, 0.1) is 11.6 Å². The van der Waals surface area contributed by atoms with Crippen LogP contribution >= 0.6 is 0 Å². The quantitative estimate of drug-likeness (QED) is 0.886. The number of carbonyl (C=O) groups excluding carboxylic acids is 2. The van der Waals surface area contributed by atoms with Gasteiger partial charge in [0.2, 0.25) is 0 Å². The lowest BCUT2D eigenvalue weighted by molar-refractivity contribution is 0.0953. The van der Waals surface area contributed by atoms with E-state index >= 15 is 0 Å². The van der Waals surface area contributed by atoms with Crippen LogP contribution in [0, 0.1) is 11.3 Å². The zero-order valence-electron chi connectivity index (χ0n) is 12.7. The van der Waals surface area contributed by atoms with Crippen LogP contribution in [-0.2, 0) is 0 Å². The number of pyridine rings is 1. The molecule has 0 radical (unpaired) electrons. The van der Waals surface area contributed by atoms with E-state index in [0.29, 0.717) is 23.4 Å². The summed E-state index contributed by atoms with van der Waals surface area (Å²) in [5.74, 6) is -0.651. The summed E-state index contributed by atoms with van der Waals surface area (Å²) in [6.45, 7) is 2.54. The lowest BCUT2D eigenvalue weighted by Crippen LogP contribution is -2.24. The molecule has 6 nitrogen and oxygen atoms in total. The largest absolute Gasteiger partial charge is 0.352 e. The number of anilines is 1. The van der Waals surface area contributed by atoms with E-state index in [1.807, 2.05) is 13.0 Å². The van der Waals surface area contributed by atoms with Crippen molar-refractivity contribution >= 4 is 17.5 Å². The molecule has 1 heterocycles. The Morgan fingerprint density at radius 3 is 2.57 bits per heavy atom. The predicted octanol–water partition coefficient (Wildman–Crippen LogP) is 2.35. The summed E-state index contributed by atoms with van der Waals surface area (Å²) in [5.41, 5.74) is 1.60. The van der Waals surface area contributed by atoms with Crippen LogP contribution in [0.1, 0.15) is 39.8 Å². The van der Waals surface area contributed by atoms with Crippen molar-refractivity contribution in [2.24, 2.45) is 0 Å². The maximum atomic E-state index is 12.2. The van der Waals surface area contributed by atoms with Crippen molar-refractivity contribution in [3.8, 4) is 6.07 Å². The second-order valence-corrected chi connectivity index (χ2v) is 4.83. The van der Waals surface area contributed by atoms with Gasteiger partial charge < -0.3 is 10.6 Å². The van der Waals surface area contributed by atoms with Gasteiger partial charge in [-0.3, -0.25) is 14.6 Å². The van der Waals surface area contributed by atoms with Crippen LogP contribution in [0.5, 0.6) is 0 Å². The number of rotatable bonds is 5. The third-order valence-corrected chi connectivity index (χ3v) is 3.06. The first-order chi connectivity index (χ1) is 11.1. The highest BCUT2D eigenvalue weighted by atomic mass is 16.2. The Morgan fingerprint density at radius 1 is 1.17 bits per heavy atom. The molecule has 0 bridgehead atoms. The molecule has 0 atom stereocenters. The maximum Gasteiger partial charge on any atom is 0.274 e. The number of hydrogen-bond acceptors (Lipinski definition) is 4. The van der Waals surface area contributed by atoms with E-state index in [2.05, 4.69) is 15.6 Å². The van der Waals surface area contributed by atoms with E-state index in [4.69, 9.17) is 5.26 Å². The first-order valence-corrected chi connectivity index (χ1v) is 7.20. The summed E-state index contributed by atoms with van der Waals surface area (Å²) in [6.07, 6.45) is 2.26. The first kappa shape index (κ1) is 16.2. The molecule has 0 aliphatic carbocycles.